The van der Waals surface area contributed by atoms with Gasteiger partial charge in [0.05, 0.1) is 11.5 Å². The van der Waals surface area contributed by atoms with E-state index in [9.17, 15) is 46.5 Å². The van der Waals surface area contributed by atoms with Gasteiger partial charge in [0.25, 0.3) is 21.9 Å². The fourth-order valence-electron chi connectivity index (χ4n) is 4.75. The summed E-state index contributed by atoms with van der Waals surface area (Å²) in [6, 6.07) is 3.78. The molecule has 0 aromatic heterocycles. The second-order valence-electron chi connectivity index (χ2n) is 13.7. The monoisotopic (exact) mass is 720 g/mol. The number of ketones is 1. The Labute approximate surface area is 292 Å². The summed E-state index contributed by atoms with van der Waals surface area (Å²) in [4.78, 5) is 88.2. The van der Waals surface area contributed by atoms with E-state index < -0.39 is 80.5 Å². The average Bonchev–Trinajstić information content (AvgIpc) is 3.33. The fraction of sp³-hybridized carbons (Fsp3) is 0.559. The van der Waals surface area contributed by atoms with Crippen molar-refractivity contribution in [2.24, 2.45) is 17.3 Å². The van der Waals surface area contributed by atoms with Crippen LogP contribution in [0.4, 0.5) is 5.69 Å². The molecule has 2 rings (SSSR count). The van der Waals surface area contributed by atoms with Crippen LogP contribution >= 0.6 is 0 Å². The zero-order valence-corrected chi connectivity index (χ0v) is 30.1. The maximum atomic E-state index is 13.3. The first-order valence-electron chi connectivity index (χ1n) is 16.4. The zero-order chi connectivity index (χ0) is 37.8. The third kappa shape index (κ3) is 14.2. The molecule has 3 atom stereocenters. The number of hydrogen-bond donors (Lipinski definition) is 4. The summed E-state index contributed by atoms with van der Waals surface area (Å²) in [7, 11) is -4.73. The molecule has 1 heterocycles. The topological polar surface area (TPSA) is 222 Å². The Balaban J connectivity index is 1.92. The molecule has 1 aromatic carbocycles. The molecule has 0 bridgehead atoms. The van der Waals surface area contributed by atoms with E-state index in [1.165, 1.54) is 19.1 Å². The Hall–Kier alpha value is -4.44. The molecule has 1 aliphatic rings. The highest BCUT2D eigenvalue weighted by Gasteiger charge is 2.32. The summed E-state index contributed by atoms with van der Waals surface area (Å²) < 4.78 is 38.1. The molecule has 0 spiro atoms. The highest BCUT2D eigenvalue weighted by atomic mass is 32.2. The van der Waals surface area contributed by atoms with Crippen LogP contribution in [0.2, 0.25) is 0 Å². The number of benzene rings is 1. The lowest BCUT2D eigenvalue weighted by Gasteiger charge is -2.25. The minimum Gasteiger partial charge on any atom is -0.460 e. The van der Waals surface area contributed by atoms with Gasteiger partial charge in [-0.05, 0) is 57.2 Å². The lowest BCUT2D eigenvalue weighted by molar-refractivity contribution is -0.154. The van der Waals surface area contributed by atoms with Gasteiger partial charge < -0.3 is 20.7 Å². The number of carbonyl (C=O) groups is 7. The minimum absolute atomic E-state index is 0.0671. The summed E-state index contributed by atoms with van der Waals surface area (Å²) in [6.45, 7) is 10.3. The maximum absolute atomic E-state index is 13.3. The van der Waals surface area contributed by atoms with Gasteiger partial charge in [-0.1, -0.05) is 39.3 Å². The van der Waals surface area contributed by atoms with Crippen LogP contribution in [-0.4, -0.2) is 83.5 Å². The van der Waals surface area contributed by atoms with E-state index in [4.69, 9.17) is 4.74 Å². The van der Waals surface area contributed by atoms with Crippen LogP contribution in [-0.2, 0) is 55.0 Å². The number of anilines is 1. The van der Waals surface area contributed by atoms with Gasteiger partial charge in [0.1, 0.15) is 18.4 Å². The molecule has 0 saturated heterocycles. The number of ether oxygens (including phenoxy) is 1. The van der Waals surface area contributed by atoms with Crippen molar-refractivity contribution in [3.8, 4) is 0 Å². The van der Waals surface area contributed by atoms with E-state index in [0.717, 1.165) is 4.90 Å². The summed E-state index contributed by atoms with van der Waals surface area (Å²) in [5, 5.41) is 7.48. The largest absolute Gasteiger partial charge is 0.460 e. The van der Waals surface area contributed by atoms with Crippen molar-refractivity contribution in [2.75, 3.05) is 17.6 Å². The average molecular weight is 721 g/mol. The predicted molar refractivity (Wildman–Crippen MR) is 183 cm³/mol. The molecule has 0 radical (unpaired) electrons. The molecule has 16 heteroatoms. The lowest BCUT2D eigenvalue weighted by Crippen LogP contribution is -2.55. The van der Waals surface area contributed by atoms with Gasteiger partial charge in [-0.25, -0.2) is 0 Å². The Morgan fingerprint density at radius 1 is 0.880 bits per heavy atom. The van der Waals surface area contributed by atoms with E-state index in [1.54, 1.807) is 58.9 Å². The SMILES string of the molecule is CC(C)[C@@H](NC(=O)[C@@H](CS(=O)(=O)O)NC(=O)CCCCCN1C(=O)C=CC1=O)C(=O)C[C@H](C)C(=O)Nc1ccc(COC(=O)C(C)(C)C)cc1. The second kappa shape index (κ2) is 18.5. The van der Waals surface area contributed by atoms with E-state index in [1.807, 2.05) is 0 Å². The molecule has 5 amide bonds. The van der Waals surface area contributed by atoms with Crippen LogP contribution in [0.1, 0.15) is 79.2 Å². The molecule has 0 aliphatic carbocycles. The highest BCUT2D eigenvalue weighted by molar-refractivity contribution is 7.85. The number of unbranched alkanes of at least 4 members (excludes halogenated alkanes) is 2. The highest BCUT2D eigenvalue weighted by Crippen LogP contribution is 2.19. The number of amides is 5. The molecule has 15 nitrogen and oxygen atoms in total. The second-order valence-corrected chi connectivity index (χ2v) is 15.2. The summed E-state index contributed by atoms with van der Waals surface area (Å²) >= 11 is 0. The fourth-order valence-corrected chi connectivity index (χ4v) is 5.41. The third-order valence-corrected chi connectivity index (χ3v) is 8.44. The number of nitrogens with zero attached hydrogens (tertiary/aromatic N) is 1. The lowest BCUT2D eigenvalue weighted by atomic mass is 9.92. The Kier molecular flexibility index (Phi) is 15.5. The van der Waals surface area contributed by atoms with Crippen molar-refractivity contribution in [3.05, 3.63) is 42.0 Å². The van der Waals surface area contributed by atoms with Crippen molar-refractivity contribution >= 4 is 57.1 Å². The number of imide groups is 1. The molecule has 0 fully saturated rings. The minimum atomic E-state index is -4.73. The molecular formula is C34H48N4O11S. The molecule has 1 aliphatic heterocycles. The van der Waals surface area contributed by atoms with Crippen LogP contribution < -0.4 is 16.0 Å². The molecule has 50 heavy (non-hydrogen) atoms. The van der Waals surface area contributed by atoms with Crippen LogP contribution in [0.3, 0.4) is 0 Å². The number of hydrogen-bond acceptors (Lipinski definition) is 10. The van der Waals surface area contributed by atoms with Crippen LogP contribution in [0, 0.1) is 17.3 Å². The van der Waals surface area contributed by atoms with Crippen molar-refractivity contribution in [2.45, 2.75) is 92.3 Å². The van der Waals surface area contributed by atoms with Gasteiger partial charge in [0.2, 0.25) is 17.7 Å². The first-order valence-corrected chi connectivity index (χ1v) is 18.0. The van der Waals surface area contributed by atoms with Gasteiger partial charge in [-0.2, -0.15) is 8.42 Å². The summed E-state index contributed by atoms with van der Waals surface area (Å²) in [5.74, 6) is -6.27. The molecule has 276 valence electrons. The molecule has 4 N–H and O–H groups in total. The molecular weight excluding hydrogens is 672 g/mol. The quantitative estimate of drug-likeness (QED) is 0.0703. The first-order chi connectivity index (χ1) is 23.2. The van der Waals surface area contributed by atoms with Crippen molar-refractivity contribution in [1.29, 1.82) is 0 Å². The van der Waals surface area contributed by atoms with Crippen molar-refractivity contribution < 1.29 is 51.3 Å². The first kappa shape index (κ1) is 41.7. The predicted octanol–water partition coefficient (Wildman–Crippen LogP) is 2.31. The van der Waals surface area contributed by atoms with Gasteiger partial charge in [0.15, 0.2) is 5.78 Å². The number of esters is 1. The van der Waals surface area contributed by atoms with E-state index in [-0.39, 0.29) is 32.0 Å². The molecule has 0 unspecified atom stereocenters. The van der Waals surface area contributed by atoms with E-state index >= 15 is 0 Å². The van der Waals surface area contributed by atoms with E-state index in [0.29, 0.717) is 30.5 Å². The third-order valence-electron chi connectivity index (χ3n) is 7.69. The molecule has 1 aromatic rings. The Bertz CT molecular complexity index is 1550. The Morgan fingerprint density at radius 3 is 2.02 bits per heavy atom. The van der Waals surface area contributed by atoms with Crippen LogP contribution in [0.25, 0.3) is 0 Å². The number of carbonyl (C=O) groups excluding carboxylic acids is 7. The van der Waals surface area contributed by atoms with Crippen LogP contribution in [0.15, 0.2) is 36.4 Å². The maximum Gasteiger partial charge on any atom is 0.311 e. The van der Waals surface area contributed by atoms with E-state index in [2.05, 4.69) is 16.0 Å². The number of nitrogens with one attached hydrogen (secondary N) is 3. The standard InChI is InChI=1S/C34H48N4O11S/c1-21(2)30(26(39)18-22(3)31(43)35-24-13-11-23(12-14-24)19-49-33(45)34(4,5)6)37-32(44)25(20-50(46,47)48)36-27(40)10-8-7-9-17-38-28(41)15-16-29(38)42/h11-16,21-22,25,30H,7-10,17-20H2,1-6H3,(H,35,43)(H,36,40)(H,37,44)(H,46,47,48)/t22-,25+,30+/m0/s1. The Morgan fingerprint density at radius 2 is 1.48 bits per heavy atom. The summed E-state index contributed by atoms with van der Waals surface area (Å²) in [6.07, 6.45) is 3.15. The summed E-state index contributed by atoms with van der Waals surface area (Å²) in [5.41, 5.74) is 0.525. The number of rotatable bonds is 19. The normalized spacial score (nSPS) is 15.0. The van der Waals surface area contributed by atoms with Crippen molar-refractivity contribution in [1.82, 2.24) is 15.5 Å². The zero-order valence-electron chi connectivity index (χ0n) is 29.3. The smallest absolute Gasteiger partial charge is 0.311 e. The van der Waals surface area contributed by atoms with Crippen molar-refractivity contribution in [3.63, 3.8) is 0 Å². The van der Waals surface area contributed by atoms with Crippen LogP contribution in [0.5, 0.6) is 0 Å². The number of Topliss-reactive ketones (excluding diaryl/α,β-unsaturated/α-hetero) is 1. The van der Waals surface area contributed by atoms with Gasteiger partial charge in [0, 0.05) is 43.1 Å². The van der Waals surface area contributed by atoms with Gasteiger partial charge >= 0.3 is 5.97 Å². The van der Waals surface area contributed by atoms with Gasteiger partial charge in [-0.3, -0.25) is 43.0 Å². The molecule has 0 saturated carbocycles. The van der Waals surface area contributed by atoms with Gasteiger partial charge in [-0.15, -0.1) is 0 Å².